The lowest BCUT2D eigenvalue weighted by Crippen LogP contribution is -2.60. The second-order valence-corrected chi connectivity index (χ2v) is 24.5. The second-order valence-electron chi connectivity index (χ2n) is 23.4. The molecular formula is C64H65BN2OS. The molecule has 2 aliphatic heterocycles. The van der Waals surface area contributed by atoms with Crippen molar-refractivity contribution in [3.05, 3.63) is 172 Å². The Kier molecular flexibility index (Phi) is 10.4. The first kappa shape index (κ1) is 45.2. The number of nitrogens with zero attached hydrogens (tertiary/aromatic N) is 2. The lowest BCUT2D eigenvalue weighted by Gasteiger charge is -2.45. The number of fused-ring (bicyclic) bond motifs is 7. The Morgan fingerprint density at radius 1 is 0.522 bits per heavy atom. The SMILES string of the molecule is Cc1cc(C(C)(C)C)cc(C)c1N1c2cc(C(C)C)cc3c2B(c2cc(-c4cc5ccccc5o4)ccc2N3c2c(C)cc(C(C)(C)C)cc2-c2ccccc2)c2sc3ccc(C(C)(C)C)cc3c21. The molecule has 2 aromatic heterocycles. The van der Waals surface area contributed by atoms with Crippen LogP contribution in [0.1, 0.15) is 121 Å². The van der Waals surface area contributed by atoms with E-state index < -0.39 is 0 Å². The minimum absolute atomic E-state index is 0.0121. The zero-order valence-corrected chi connectivity index (χ0v) is 43.9. The standard InChI is InChI=1S/C64H65BN2OS/c1-37(2)44-32-52-57-53(33-44)67(58-38(3)28-46(29-39(58)4)63(9,10)11)60-49-35-45(62(6,7)8)25-27-56(49)69-61(60)65(57)50-31-43(55-34-42-22-18-19-23-54(42)68-55)24-26-51(50)66(52)59-40(5)30-47(64(12,13)14)36-48(59)41-20-16-15-17-21-41/h15-37H,1-14H3. The molecule has 0 radical (unpaired) electrons. The molecule has 3 nitrogen and oxygen atoms in total. The van der Waals surface area contributed by atoms with Gasteiger partial charge in [0, 0.05) is 48.4 Å². The number of hydrogen-bond acceptors (Lipinski definition) is 4. The molecule has 0 unspecified atom stereocenters. The quantitative estimate of drug-likeness (QED) is 0.160. The fraction of sp³-hybridized carbons (Fsp3) is 0.281. The van der Waals surface area contributed by atoms with Crippen LogP contribution in [0, 0.1) is 20.8 Å². The van der Waals surface area contributed by atoms with Crippen molar-refractivity contribution >= 4 is 88.9 Å². The number of aryl methyl sites for hydroxylation is 3. The minimum Gasteiger partial charge on any atom is -0.456 e. The highest BCUT2D eigenvalue weighted by Crippen LogP contribution is 2.53. The predicted octanol–water partition coefficient (Wildman–Crippen LogP) is 17.0. The number of rotatable bonds is 5. The number of hydrogen-bond donors (Lipinski definition) is 0. The molecule has 0 bridgehead atoms. The molecule has 7 aromatic carbocycles. The van der Waals surface area contributed by atoms with Gasteiger partial charge in [-0.1, -0.05) is 155 Å². The Bertz CT molecular complexity index is 3480. The maximum absolute atomic E-state index is 6.69. The Morgan fingerprint density at radius 3 is 1.77 bits per heavy atom. The van der Waals surface area contributed by atoms with Crippen molar-refractivity contribution in [1.82, 2.24) is 0 Å². The normalized spacial score (nSPS) is 13.7. The summed E-state index contributed by atoms with van der Waals surface area (Å²) < 4.78 is 9.39. The average Bonchev–Trinajstić information content (AvgIpc) is 3.90. The highest BCUT2D eigenvalue weighted by atomic mass is 32.1. The van der Waals surface area contributed by atoms with E-state index in [1.54, 1.807) is 0 Å². The van der Waals surface area contributed by atoms with Crippen molar-refractivity contribution < 1.29 is 4.42 Å². The fourth-order valence-electron chi connectivity index (χ4n) is 11.1. The summed E-state index contributed by atoms with van der Waals surface area (Å²) in [6, 6.07) is 51.0. The van der Waals surface area contributed by atoms with E-state index in [2.05, 4.69) is 240 Å². The molecule has 0 saturated carbocycles. The molecule has 0 aliphatic carbocycles. The monoisotopic (exact) mass is 920 g/mol. The van der Waals surface area contributed by atoms with Crippen LogP contribution in [0.25, 0.3) is 43.5 Å². The van der Waals surface area contributed by atoms with Gasteiger partial charge in [-0.3, -0.25) is 0 Å². The lowest BCUT2D eigenvalue weighted by atomic mass is 9.36. The molecule has 0 atom stereocenters. The van der Waals surface area contributed by atoms with Crippen molar-refractivity contribution in [3.63, 3.8) is 0 Å². The molecule has 11 rings (SSSR count). The molecule has 69 heavy (non-hydrogen) atoms. The Labute approximate surface area is 414 Å². The van der Waals surface area contributed by atoms with Crippen LogP contribution in [0.4, 0.5) is 34.1 Å². The molecule has 9 aromatic rings. The van der Waals surface area contributed by atoms with E-state index >= 15 is 0 Å². The van der Waals surface area contributed by atoms with Gasteiger partial charge < -0.3 is 14.2 Å². The summed E-state index contributed by atoms with van der Waals surface area (Å²) in [5.41, 5.74) is 23.8. The summed E-state index contributed by atoms with van der Waals surface area (Å²) in [5, 5.41) is 2.43. The van der Waals surface area contributed by atoms with E-state index in [0.717, 1.165) is 22.3 Å². The summed E-state index contributed by atoms with van der Waals surface area (Å²) in [5.74, 6) is 1.17. The lowest BCUT2D eigenvalue weighted by molar-refractivity contribution is 0.589. The van der Waals surface area contributed by atoms with Gasteiger partial charge >= 0.3 is 0 Å². The zero-order chi connectivity index (χ0) is 48.6. The van der Waals surface area contributed by atoms with E-state index in [1.807, 2.05) is 11.3 Å². The first-order valence-corrected chi connectivity index (χ1v) is 25.8. The van der Waals surface area contributed by atoms with E-state index in [-0.39, 0.29) is 28.9 Å². The highest BCUT2D eigenvalue weighted by molar-refractivity contribution is 7.33. The largest absolute Gasteiger partial charge is 0.456 e. The van der Waals surface area contributed by atoms with E-state index in [0.29, 0.717) is 0 Å². The van der Waals surface area contributed by atoms with Gasteiger partial charge in [0.05, 0.1) is 17.1 Å². The molecule has 0 N–H and O–H groups in total. The Morgan fingerprint density at radius 2 is 1.13 bits per heavy atom. The van der Waals surface area contributed by atoms with Gasteiger partial charge in [0.15, 0.2) is 0 Å². The van der Waals surface area contributed by atoms with Crippen molar-refractivity contribution in [2.45, 2.75) is 119 Å². The Hall–Kier alpha value is -6.30. The van der Waals surface area contributed by atoms with E-state index in [4.69, 9.17) is 4.42 Å². The average molecular weight is 921 g/mol. The van der Waals surface area contributed by atoms with Gasteiger partial charge in [-0.25, -0.2) is 0 Å². The molecule has 0 fully saturated rings. The van der Waals surface area contributed by atoms with E-state index in [9.17, 15) is 0 Å². The second kappa shape index (κ2) is 15.9. The summed E-state index contributed by atoms with van der Waals surface area (Å²) in [6.45, 7) is 32.7. The third-order valence-electron chi connectivity index (χ3n) is 15.0. The van der Waals surface area contributed by atoms with Crippen molar-refractivity contribution in [1.29, 1.82) is 0 Å². The highest BCUT2D eigenvalue weighted by Gasteiger charge is 2.47. The number of para-hydroxylation sites is 1. The maximum atomic E-state index is 6.69. The van der Waals surface area contributed by atoms with Crippen LogP contribution < -0.4 is 25.5 Å². The van der Waals surface area contributed by atoms with Crippen LogP contribution in [0.3, 0.4) is 0 Å². The first-order chi connectivity index (χ1) is 32.7. The molecule has 2 aliphatic rings. The fourth-order valence-corrected chi connectivity index (χ4v) is 12.4. The summed E-state index contributed by atoms with van der Waals surface area (Å²) in [6.07, 6.45) is 0. The summed E-state index contributed by atoms with van der Waals surface area (Å²) in [4.78, 5) is 5.36. The van der Waals surface area contributed by atoms with Crippen molar-refractivity contribution in [2.75, 3.05) is 9.80 Å². The molecule has 0 spiro atoms. The van der Waals surface area contributed by atoms with Gasteiger partial charge in [-0.15, -0.1) is 11.3 Å². The molecule has 346 valence electrons. The van der Waals surface area contributed by atoms with Gasteiger partial charge in [0.1, 0.15) is 11.3 Å². The van der Waals surface area contributed by atoms with Crippen molar-refractivity contribution in [3.8, 4) is 22.5 Å². The van der Waals surface area contributed by atoms with Crippen LogP contribution in [-0.4, -0.2) is 6.71 Å². The van der Waals surface area contributed by atoms with Gasteiger partial charge in [-0.05, 0) is 153 Å². The summed E-state index contributed by atoms with van der Waals surface area (Å²) >= 11 is 1.98. The van der Waals surface area contributed by atoms with Gasteiger partial charge in [0.2, 0.25) is 0 Å². The van der Waals surface area contributed by atoms with Gasteiger partial charge in [0.25, 0.3) is 6.71 Å². The van der Waals surface area contributed by atoms with Crippen molar-refractivity contribution in [2.24, 2.45) is 0 Å². The van der Waals surface area contributed by atoms with E-state index in [1.165, 1.54) is 110 Å². The molecular weight excluding hydrogens is 856 g/mol. The number of benzene rings is 7. The first-order valence-electron chi connectivity index (χ1n) is 25.0. The number of furan rings is 1. The number of anilines is 6. The van der Waals surface area contributed by atoms with Crippen LogP contribution in [0.2, 0.25) is 0 Å². The van der Waals surface area contributed by atoms with Crippen LogP contribution in [0.5, 0.6) is 0 Å². The third kappa shape index (κ3) is 7.37. The van der Waals surface area contributed by atoms with Crippen LogP contribution in [0.15, 0.2) is 138 Å². The molecule has 0 amide bonds. The third-order valence-corrected chi connectivity index (χ3v) is 16.2. The minimum atomic E-state index is -0.0442. The zero-order valence-electron chi connectivity index (χ0n) is 43.1. The van der Waals surface area contributed by atoms with Gasteiger partial charge in [-0.2, -0.15) is 0 Å². The topological polar surface area (TPSA) is 19.6 Å². The molecule has 0 saturated heterocycles. The smallest absolute Gasteiger partial charge is 0.264 e. The molecule has 5 heteroatoms. The number of thiophene rings is 1. The Balaban J connectivity index is 1.30. The molecule has 4 heterocycles. The maximum Gasteiger partial charge on any atom is 0.264 e. The van der Waals surface area contributed by atoms with Crippen LogP contribution in [-0.2, 0) is 16.2 Å². The van der Waals surface area contributed by atoms with Crippen LogP contribution >= 0.6 is 11.3 Å². The predicted molar refractivity (Wildman–Crippen MR) is 301 cm³/mol. The summed E-state index contributed by atoms with van der Waals surface area (Å²) in [7, 11) is 0.